The fraction of sp³-hybridized carbons (Fsp3) is 0.192. The maximum Gasteiger partial charge on any atom is 0.174 e. The van der Waals surface area contributed by atoms with Crippen LogP contribution in [0.2, 0.25) is 0 Å². The highest BCUT2D eigenvalue weighted by molar-refractivity contribution is 7.17. The number of aromatic nitrogens is 2. The number of rotatable bonds is 8. The Morgan fingerprint density at radius 2 is 1.68 bits per heavy atom. The zero-order valence-corrected chi connectivity index (χ0v) is 18.2. The lowest BCUT2D eigenvalue weighted by Gasteiger charge is -2.02. The molecule has 0 fully saturated rings. The van der Waals surface area contributed by atoms with E-state index in [1.165, 1.54) is 16.9 Å². The van der Waals surface area contributed by atoms with Gasteiger partial charge in [-0.15, -0.1) is 11.3 Å². The van der Waals surface area contributed by atoms with E-state index in [1.54, 1.807) is 18.3 Å². The van der Waals surface area contributed by atoms with Gasteiger partial charge in [0.25, 0.3) is 0 Å². The number of benzene rings is 2. The van der Waals surface area contributed by atoms with Crippen LogP contribution in [0.1, 0.15) is 40.2 Å². The summed E-state index contributed by atoms with van der Waals surface area (Å²) in [5.74, 6) is 0.402. The number of hydrogen-bond donors (Lipinski definition) is 1. The number of carbonyl (C=O) groups is 1. The lowest BCUT2D eigenvalue weighted by atomic mass is 10.1. The van der Waals surface area contributed by atoms with Gasteiger partial charge >= 0.3 is 0 Å². The second-order valence-electron chi connectivity index (χ2n) is 7.53. The first-order valence-corrected chi connectivity index (χ1v) is 11.2. The number of aromatic hydroxyl groups is 1. The van der Waals surface area contributed by atoms with Crippen molar-refractivity contribution in [2.45, 2.75) is 32.6 Å². The molecule has 0 aliphatic carbocycles. The molecule has 156 valence electrons. The Morgan fingerprint density at radius 3 is 2.39 bits per heavy atom. The van der Waals surface area contributed by atoms with E-state index < -0.39 is 0 Å². The Labute approximate surface area is 186 Å². The van der Waals surface area contributed by atoms with Gasteiger partial charge < -0.3 is 5.11 Å². The molecule has 0 bridgehead atoms. The summed E-state index contributed by atoms with van der Waals surface area (Å²) in [6.07, 6.45) is 5.22. The molecule has 0 aliphatic heterocycles. The second kappa shape index (κ2) is 9.67. The first-order chi connectivity index (χ1) is 15.1. The number of ketones is 1. The number of phenols is 1. The molecule has 0 unspecified atom stereocenters. The molecule has 1 N–H and O–H groups in total. The number of hydrogen-bond acceptors (Lipinski definition) is 5. The molecule has 4 nitrogen and oxygen atoms in total. The third kappa shape index (κ3) is 5.25. The Balaban J connectivity index is 1.38. The minimum Gasteiger partial charge on any atom is -0.508 e. The number of carbonyl (C=O) groups excluding carboxylic acids is 1. The molecule has 0 atom stereocenters. The number of aryl methyl sites for hydroxylation is 2. The summed E-state index contributed by atoms with van der Waals surface area (Å²) in [5, 5.41) is 10.2. The van der Waals surface area contributed by atoms with Crippen molar-refractivity contribution >= 4 is 17.1 Å². The molecule has 0 spiro atoms. The standard InChI is InChI=1S/C26H24N2O2S/c1-18-25(24(30)10-6-5-9-19-7-3-2-4-8-19)31-26(28-18)21-13-16-23(27-17-21)20-11-14-22(29)15-12-20/h2-4,7-8,11-17,29H,5-6,9-10H2,1H3. The molecular weight excluding hydrogens is 404 g/mol. The van der Waals surface area contributed by atoms with Gasteiger partial charge in [0, 0.05) is 23.7 Å². The molecule has 0 radical (unpaired) electrons. The summed E-state index contributed by atoms with van der Waals surface area (Å²) in [5.41, 5.74) is 4.77. The van der Waals surface area contributed by atoms with Crippen LogP contribution in [0.25, 0.3) is 21.8 Å². The van der Waals surface area contributed by atoms with Crippen molar-refractivity contribution in [3.05, 3.63) is 89.1 Å². The van der Waals surface area contributed by atoms with E-state index in [0.29, 0.717) is 6.42 Å². The Morgan fingerprint density at radius 1 is 0.935 bits per heavy atom. The molecule has 31 heavy (non-hydrogen) atoms. The maximum absolute atomic E-state index is 12.7. The minimum absolute atomic E-state index is 0.169. The van der Waals surface area contributed by atoms with Crippen LogP contribution < -0.4 is 0 Å². The van der Waals surface area contributed by atoms with E-state index in [0.717, 1.165) is 51.7 Å². The summed E-state index contributed by atoms with van der Waals surface area (Å²) in [4.78, 5) is 22.6. The van der Waals surface area contributed by atoms with Crippen LogP contribution in [0.3, 0.4) is 0 Å². The van der Waals surface area contributed by atoms with Gasteiger partial charge in [0.1, 0.15) is 10.8 Å². The molecule has 0 saturated carbocycles. The van der Waals surface area contributed by atoms with E-state index >= 15 is 0 Å². The van der Waals surface area contributed by atoms with Crippen molar-refractivity contribution in [1.29, 1.82) is 0 Å². The van der Waals surface area contributed by atoms with E-state index in [4.69, 9.17) is 0 Å². The zero-order chi connectivity index (χ0) is 21.6. The molecule has 5 heteroatoms. The summed E-state index contributed by atoms with van der Waals surface area (Å²) in [6, 6.07) is 21.2. The van der Waals surface area contributed by atoms with Gasteiger partial charge in [-0.3, -0.25) is 9.78 Å². The molecule has 4 rings (SSSR count). The van der Waals surface area contributed by atoms with Crippen LogP contribution in [0.15, 0.2) is 72.9 Å². The Kier molecular flexibility index (Phi) is 6.53. The van der Waals surface area contributed by atoms with Gasteiger partial charge in [-0.1, -0.05) is 30.3 Å². The minimum atomic E-state index is 0.169. The predicted octanol–water partition coefficient (Wildman–Crippen LogP) is 6.48. The summed E-state index contributed by atoms with van der Waals surface area (Å²) in [7, 11) is 0. The average molecular weight is 429 g/mol. The van der Waals surface area contributed by atoms with E-state index in [1.807, 2.05) is 37.3 Å². The largest absolute Gasteiger partial charge is 0.508 e. The van der Waals surface area contributed by atoms with Gasteiger partial charge in [0.05, 0.1) is 16.3 Å². The highest BCUT2D eigenvalue weighted by atomic mass is 32.1. The monoisotopic (exact) mass is 428 g/mol. The molecular formula is C26H24N2O2S. The average Bonchev–Trinajstić information content (AvgIpc) is 3.20. The SMILES string of the molecule is Cc1nc(-c2ccc(-c3ccc(O)cc3)nc2)sc1C(=O)CCCCc1ccccc1. The Hall–Kier alpha value is -3.31. The highest BCUT2D eigenvalue weighted by Crippen LogP contribution is 2.30. The highest BCUT2D eigenvalue weighted by Gasteiger charge is 2.16. The fourth-order valence-electron chi connectivity index (χ4n) is 3.47. The molecule has 4 aromatic rings. The summed E-state index contributed by atoms with van der Waals surface area (Å²) >= 11 is 1.45. The predicted molar refractivity (Wildman–Crippen MR) is 126 cm³/mol. The van der Waals surface area contributed by atoms with Crippen LogP contribution in [-0.2, 0) is 6.42 Å². The number of Topliss-reactive ketones (excluding diaryl/α,β-unsaturated/α-hetero) is 1. The normalized spacial score (nSPS) is 10.9. The van der Waals surface area contributed by atoms with Crippen molar-refractivity contribution in [2.75, 3.05) is 0 Å². The van der Waals surface area contributed by atoms with Crippen molar-refractivity contribution in [3.63, 3.8) is 0 Å². The second-order valence-corrected chi connectivity index (χ2v) is 8.53. The molecule has 0 aliphatic rings. The Bertz CT molecular complexity index is 1150. The van der Waals surface area contributed by atoms with Crippen LogP contribution >= 0.6 is 11.3 Å². The number of unbranched alkanes of at least 4 members (excludes halogenated alkanes) is 1. The van der Waals surface area contributed by atoms with Crippen LogP contribution in [0.5, 0.6) is 5.75 Å². The third-order valence-electron chi connectivity index (χ3n) is 5.19. The molecule has 2 heterocycles. The first-order valence-electron chi connectivity index (χ1n) is 10.4. The van der Waals surface area contributed by atoms with Crippen LogP contribution in [0.4, 0.5) is 0 Å². The van der Waals surface area contributed by atoms with E-state index in [9.17, 15) is 9.90 Å². The smallest absolute Gasteiger partial charge is 0.174 e. The summed E-state index contributed by atoms with van der Waals surface area (Å²) < 4.78 is 0. The fourth-order valence-corrected chi connectivity index (χ4v) is 4.50. The van der Waals surface area contributed by atoms with Crippen molar-refractivity contribution in [3.8, 4) is 27.6 Å². The lowest BCUT2D eigenvalue weighted by molar-refractivity contribution is 0.0982. The number of phenolic OH excluding ortho intramolecular Hbond substituents is 1. The van der Waals surface area contributed by atoms with Gasteiger partial charge in [-0.05, 0) is 68.1 Å². The van der Waals surface area contributed by atoms with Gasteiger partial charge in [0.2, 0.25) is 0 Å². The number of pyridine rings is 1. The van der Waals surface area contributed by atoms with E-state index in [2.05, 4.69) is 34.2 Å². The lowest BCUT2D eigenvalue weighted by Crippen LogP contribution is -1.99. The van der Waals surface area contributed by atoms with Crippen LogP contribution in [-0.4, -0.2) is 20.9 Å². The van der Waals surface area contributed by atoms with Gasteiger partial charge in [0.15, 0.2) is 5.78 Å². The molecule has 2 aromatic heterocycles. The molecule has 0 saturated heterocycles. The first kappa shape index (κ1) is 20.9. The van der Waals surface area contributed by atoms with E-state index in [-0.39, 0.29) is 11.5 Å². The van der Waals surface area contributed by atoms with Crippen LogP contribution in [0, 0.1) is 6.92 Å². The van der Waals surface area contributed by atoms with Gasteiger partial charge in [-0.2, -0.15) is 0 Å². The number of nitrogens with zero attached hydrogens (tertiary/aromatic N) is 2. The van der Waals surface area contributed by atoms with Crippen molar-refractivity contribution in [1.82, 2.24) is 9.97 Å². The quantitative estimate of drug-likeness (QED) is 0.258. The van der Waals surface area contributed by atoms with Gasteiger partial charge in [-0.25, -0.2) is 4.98 Å². The topological polar surface area (TPSA) is 63.1 Å². The van der Waals surface area contributed by atoms with Crippen molar-refractivity contribution in [2.24, 2.45) is 0 Å². The maximum atomic E-state index is 12.7. The van der Waals surface area contributed by atoms with Crippen molar-refractivity contribution < 1.29 is 9.90 Å². The summed E-state index contributed by atoms with van der Waals surface area (Å²) in [6.45, 7) is 1.90. The number of thiazole rings is 1. The molecule has 2 aromatic carbocycles. The third-order valence-corrected chi connectivity index (χ3v) is 6.43. The molecule has 0 amide bonds. The zero-order valence-electron chi connectivity index (χ0n) is 17.4.